The Hall–Kier alpha value is -2.12. The number of amides is 1. The van der Waals surface area contributed by atoms with Gasteiger partial charge in [0.15, 0.2) is 5.11 Å². The van der Waals surface area contributed by atoms with Gasteiger partial charge in [0.1, 0.15) is 12.3 Å². The fourth-order valence-corrected chi connectivity index (χ4v) is 4.10. The molecule has 0 radical (unpaired) electrons. The molecule has 3 aliphatic rings. The average Bonchev–Trinajstić information content (AvgIpc) is 3.21. The van der Waals surface area contributed by atoms with E-state index in [0.29, 0.717) is 23.0 Å². The highest BCUT2D eigenvalue weighted by molar-refractivity contribution is 8.03. The van der Waals surface area contributed by atoms with Crippen molar-refractivity contribution in [3.05, 3.63) is 57.6 Å². The maximum absolute atomic E-state index is 11.7. The van der Waals surface area contributed by atoms with Crippen LogP contribution in [0.15, 0.2) is 41.0 Å². The molecule has 0 saturated carbocycles. The van der Waals surface area contributed by atoms with Crippen molar-refractivity contribution >= 4 is 41.0 Å². The molecule has 1 amide bonds. The van der Waals surface area contributed by atoms with Crippen LogP contribution in [-0.2, 0) is 16.1 Å². The number of nitrogens with one attached hydrogen (secondary N) is 2. The van der Waals surface area contributed by atoms with Gasteiger partial charge in [0.2, 0.25) is 0 Å². The molecule has 23 heavy (non-hydrogen) atoms. The van der Waals surface area contributed by atoms with Crippen molar-refractivity contribution in [2.75, 3.05) is 5.75 Å². The molecule has 1 fully saturated rings. The standard InChI is InChI=1S/C16H12N2O3S2/c19-14-13(17-16(22)18-14)5-11-4-10(7-23-11)8-1-2-12-9(3-8)6-21-15(12)20/h1-5,10H,6-7H2,(H2,17,18,19,22)/b13-5+. The summed E-state index contributed by atoms with van der Waals surface area (Å²) < 4.78 is 5.04. The molecular formula is C16H12N2O3S2. The fourth-order valence-electron chi connectivity index (χ4n) is 2.77. The van der Waals surface area contributed by atoms with Gasteiger partial charge < -0.3 is 10.1 Å². The second kappa shape index (κ2) is 5.50. The van der Waals surface area contributed by atoms with Crippen molar-refractivity contribution in [3.63, 3.8) is 0 Å². The van der Waals surface area contributed by atoms with Crippen molar-refractivity contribution < 1.29 is 14.3 Å². The topological polar surface area (TPSA) is 67.4 Å². The quantitative estimate of drug-likeness (QED) is 0.486. The van der Waals surface area contributed by atoms with Crippen molar-refractivity contribution in [2.45, 2.75) is 12.5 Å². The molecule has 0 bridgehead atoms. The van der Waals surface area contributed by atoms with Crippen molar-refractivity contribution in [1.29, 1.82) is 0 Å². The zero-order valence-corrected chi connectivity index (χ0v) is 13.6. The van der Waals surface area contributed by atoms with Crippen LogP contribution in [0.3, 0.4) is 0 Å². The smallest absolute Gasteiger partial charge is 0.338 e. The number of hydrogen-bond acceptors (Lipinski definition) is 5. The number of hydrogen-bond donors (Lipinski definition) is 2. The SMILES string of the molecule is O=C1NC(=S)N/C1=C/C1=CC(c2ccc3c(c2)COC3=O)CS1. The number of rotatable bonds is 2. The molecule has 1 saturated heterocycles. The largest absolute Gasteiger partial charge is 0.457 e. The number of ether oxygens (including phenoxy) is 1. The molecule has 1 unspecified atom stereocenters. The summed E-state index contributed by atoms with van der Waals surface area (Å²) in [6, 6.07) is 5.84. The van der Waals surface area contributed by atoms with Gasteiger partial charge in [-0.1, -0.05) is 18.2 Å². The maximum atomic E-state index is 11.7. The highest BCUT2D eigenvalue weighted by Crippen LogP contribution is 2.37. The number of cyclic esters (lactones) is 1. The molecule has 3 aliphatic heterocycles. The van der Waals surface area contributed by atoms with Crippen molar-refractivity contribution in [1.82, 2.24) is 10.6 Å². The monoisotopic (exact) mass is 344 g/mol. The zero-order valence-electron chi connectivity index (χ0n) is 11.9. The molecule has 1 atom stereocenters. The predicted molar refractivity (Wildman–Crippen MR) is 90.8 cm³/mol. The third-order valence-electron chi connectivity index (χ3n) is 3.94. The summed E-state index contributed by atoms with van der Waals surface area (Å²) in [5.41, 5.74) is 3.23. The molecule has 5 nitrogen and oxygen atoms in total. The Bertz CT molecular complexity index is 814. The van der Waals surface area contributed by atoms with Crippen LogP contribution in [0.5, 0.6) is 0 Å². The Balaban J connectivity index is 1.57. The molecule has 1 aromatic rings. The lowest BCUT2D eigenvalue weighted by molar-refractivity contribution is -0.115. The number of carbonyl (C=O) groups excluding carboxylic acids is 2. The highest BCUT2D eigenvalue weighted by atomic mass is 32.2. The van der Waals surface area contributed by atoms with Crippen molar-refractivity contribution in [3.8, 4) is 0 Å². The van der Waals surface area contributed by atoms with Gasteiger partial charge in [0.25, 0.3) is 5.91 Å². The normalized spacial score (nSPS) is 24.3. The lowest BCUT2D eigenvalue weighted by Crippen LogP contribution is -2.21. The summed E-state index contributed by atoms with van der Waals surface area (Å²) in [5.74, 6) is 0.707. The van der Waals surface area contributed by atoms with E-state index >= 15 is 0 Å². The molecular weight excluding hydrogens is 332 g/mol. The Kier molecular flexibility index (Phi) is 3.46. The zero-order chi connectivity index (χ0) is 16.0. The minimum atomic E-state index is -0.248. The number of thiocarbonyl (C=S) groups is 1. The van der Waals surface area contributed by atoms with Gasteiger partial charge in [-0.05, 0) is 29.9 Å². The summed E-state index contributed by atoms with van der Waals surface area (Å²) in [7, 11) is 0. The lowest BCUT2D eigenvalue weighted by atomic mass is 9.96. The first-order chi connectivity index (χ1) is 11.1. The van der Waals surface area contributed by atoms with Crippen LogP contribution in [0, 0.1) is 0 Å². The van der Waals surface area contributed by atoms with E-state index in [9.17, 15) is 9.59 Å². The van der Waals surface area contributed by atoms with E-state index in [1.54, 1.807) is 11.8 Å². The predicted octanol–water partition coefficient (Wildman–Crippen LogP) is 1.96. The molecule has 0 aliphatic carbocycles. The Morgan fingerprint density at radius 1 is 1.30 bits per heavy atom. The fraction of sp³-hybridized carbons (Fsp3) is 0.188. The first-order valence-corrected chi connectivity index (χ1v) is 8.48. The van der Waals surface area contributed by atoms with E-state index in [1.807, 2.05) is 24.3 Å². The lowest BCUT2D eigenvalue weighted by Gasteiger charge is -2.07. The Morgan fingerprint density at radius 2 is 2.17 bits per heavy atom. The van der Waals surface area contributed by atoms with Crippen LogP contribution in [0.2, 0.25) is 0 Å². The summed E-state index contributed by atoms with van der Waals surface area (Å²) in [4.78, 5) is 24.2. The molecule has 0 aromatic heterocycles. The van der Waals surface area contributed by atoms with E-state index in [0.717, 1.165) is 21.8 Å². The van der Waals surface area contributed by atoms with Crippen LogP contribution < -0.4 is 10.6 Å². The number of benzene rings is 1. The van der Waals surface area contributed by atoms with E-state index in [4.69, 9.17) is 17.0 Å². The van der Waals surface area contributed by atoms with E-state index in [-0.39, 0.29) is 17.8 Å². The summed E-state index contributed by atoms with van der Waals surface area (Å²) in [6.45, 7) is 0.351. The van der Waals surface area contributed by atoms with Crippen molar-refractivity contribution in [2.24, 2.45) is 0 Å². The van der Waals surface area contributed by atoms with Crippen LogP contribution in [0.1, 0.15) is 27.4 Å². The number of allylic oxidation sites excluding steroid dienone is 2. The molecule has 7 heteroatoms. The molecule has 4 rings (SSSR count). The highest BCUT2D eigenvalue weighted by Gasteiger charge is 2.25. The molecule has 1 aromatic carbocycles. The van der Waals surface area contributed by atoms with Crippen LogP contribution in [0.25, 0.3) is 0 Å². The van der Waals surface area contributed by atoms with Crippen LogP contribution >= 0.6 is 24.0 Å². The van der Waals surface area contributed by atoms with Crippen LogP contribution in [-0.4, -0.2) is 22.7 Å². The van der Waals surface area contributed by atoms with Gasteiger partial charge in [0, 0.05) is 22.1 Å². The van der Waals surface area contributed by atoms with Gasteiger partial charge in [0.05, 0.1) is 5.56 Å². The number of esters is 1. The number of fused-ring (bicyclic) bond motifs is 1. The van der Waals surface area contributed by atoms with E-state index in [2.05, 4.69) is 16.7 Å². The van der Waals surface area contributed by atoms with E-state index in [1.165, 1.54) is 0 Å². The average molecular weight is 344 g/mol. The summed E-state index contributed by atoms with van der Waals surface area (Å²) in [5, 5.41) is 5.73. The first kappa shape index (κ1) is 14.5. The third kappa shape index (κ3) is 2.66. The number of thioether (sulfide) groups is 1. The van der Waals surface area contributed by atoms with Gasteiger partial charge >= 0.3 is 5.97 Å². The van der Waals surface area contributed by atoms with E-state index < -0.39 is 0 Å². The van der Waals surface area contributed by atoms with Crippen LogP contribution in [0.4, 0.5) is 0 Å². The minimum absolute atomic E-state index is 0.201. The Labute approximate surface area is 142 Å². The minimum Gasteiger partial charge on any atom is -0.457 e. The van der Waals surface area contributed by atoms with Gasteiger partial charge in [-0.2, -0.15) is 0 Å². The molecule has 2 N–H and O–H groups in total. The third-order valence-corrected chi connectivity index (χ3v) is 5.25. The molecule has 116 valence electrons. The summed E-state index contributed by atoms with van der Waals surface area (Å²) >= 11 is 6.61. The van der Waals surface area contributed by atoms with Gasteiger partial charge in [-0.15, -0.1) is 11.8 Å². The molecule has 3 heterocycles. The number of carbonyl (C=O) groups is 2. The van der Waals surface area contributed by atoms with Gasteiger partial charge in [-0.3, -0.25) is 10.1 Å². The first-order valence-electron chi connectivity index (χ1n) is 7.09. The molecule has 0 spiro atoms. The second-order valence-corrected chi connectivity index (χ2v) is 6.95. The maximum Gasteiger partial charge on any atom is 0.338 e. The second-order valence-electron chi connectivity index (χ2n) is 5.45. The summed E-state index contributed by atoms with van der Waals surface area (Å²) in [6.07, 6.45) is 3.95. The Morgan fingerprint density at radius 3 is 2.96 bits per heavy atom. The van der Waals surface area contributed by atoms with Gasteiger partial charge in [-0.25, -0.2) is 4.79 Å².